The third-order valence-electron chi connectivity index (χ3n) is 2.83. The average molecular weight is 242 g/mol. The Balaban J connectivity index is 1.81. The zero-order chi connectivity index (χ0) is 12.8. The third-order valence-corrected chi connectivity index (χ3v) is 2.83. The molecule has 0 aliphatic rings. The predicted octanol–water partition coefficient (Wildman–Crippen LogP) is 2.21. The van der Waals surface area contributed by atoms with Crippen LogP contribution in [0.1, 0.15) is 22.9 Å². The van der Waals surface area contributed by atoms with Gasteiger partial charge in [-0.3, -0.25) is 4.98 Å². The first-order chi connectivity index (χ1) is 8.75. The maximum atomic E-state index is 9.99. The van der Waals surface area contributed by atoms with Gasteiger partial charge in [-0.05, 0) is 18.6 Å². The molecule has 2 rings (SSSR count). The maximum Gasteiger partial charge on any atom is 0.0929 e. The van der Waals surface area contributed by atoms with Crippen LogP contribution in [0.15, 0.2) is 48.7 Å². The van der Waals surface area contributed by atoms with Crippen molar-refractivity contribution in [2.75, 3.05) is 6.54 Å². The maximum absolute atomic E-state index is 9.99. The van der Waals surface area contributed by atoms with Gasteiger partial charge in [0.1, 0.15) is 0 Å². The Hall–Kier alpha value is -1.71. The highest BCUT2D eigenvalue weighted by atomic mass is 16.3. The van der Waals surface area contributed by atoms with Crippen molar-refractivity contribution in [2.45, 2.75) is 19.6 Å². The van der Waals surface area contributed by atoms with E-state index in [2.05, 4.69) is 22.4 Å². The van der Waals surface area contributed by atoms with Gasteiger partial charge in [-0.25, -0.2) is 0 Å². The van der Waals surface area contributed by atoms with Crippen LogP contribution in [0.2, 0.25) is 0 Å². The van der Waals surface area contributed by atoms with E-state index in [1.54, 1.807) is 6.20 Å². The molecule has 1 aromatic heterocycles. The van der Waals surface area contributed by atoms with E-state index in [4.69, 9.17) is 0 Å². The first-order valence-corrected chi connectivity index (χ1v) is 6.11. The van der Waals surface area contributed by atoms with Gasteiger partial charge >= 0.3 is 0 Å². The van der Waals surface area contributed by atoms with Crippen LogP contribution in [0, 0.1) is 6.92 Å². The second-order valence-electron chi connectivity index (χ2n) is 4.37. The molecule has 0 radical (unpaired) electrons. The normalized spacial score (nSPS) is 12.3. The highest BCUT2D eigenvalue weighted by Gasteiger charge is 2.06. The molecule has 2 aromatic rings. The Morgan fingerprint density at radius 3 is 2.61 bits per heavy atom. The van der Waals surface area contributed by atoms with Crippen molar-refractivity contribution in [3.8, 4) is 0 Å². The minimum atomic E-state index is -0.512. The molecule has 1 atom stereocenters. The summed E-state index contributed by atoms with van der Waals surface area (Å²) in [5.41, 5.74) is 3.02. The number of benzene rings is 1. The molecule has 0 saturated carbocycles. The molecule has 0 aliphatic heterocycles. The van der Waals surface area contributed by atoms with Gasteiger partial charge in [-0.2, -0.15) is 0 Å². The van der Waals surface area contributed by atoms with E-state index in [-0.39, 0.29) is 0 Å². The van der Waals surface area contributed by atoms with Gasteiger partial charge in [0.05, 0.1) is 6.10 Å². The zero-order valence-corrected chi connectivity index (χ0v) is 10.5. The second-order valence-corrected chi connectivity index (χ2v) is 4.37. The molecule has 3 heteroatoms. The van der Waals surface area contributed by atoms with E-state index >= 15 is 0 Å². The lowest BCUT2D eigenvalue weighted by Gasteiger charge is -2.12. The lowest BCUT2D eigenvalue weighted by atomic mass is 10.1. The highest BCUT2D eigenvalue weighted by molar-refractivity contribution is 5.17. The summed E-state index contributed by atoms with van der Waals surface area (Å²) in [5, 5.41) is 13.2. The minimum Gasteiger partial charge on any atom is -0.387 e. The van der Waals surface area contributed by atoms with Crippen LogP contribution in [0.5, 0.6) is 0 Å². The Labute approximate surface area is 108 Å². The van der Waals surface area contributed by atoms with Gasteiger partial charge in [0, 0.05) is 30.5 Å². The molecule has 0 aliphatic carbocycles. The number of aromatic nitrogens is 1. The van der Waals surface area contributed by atoms with Crippen LogP contribution >= 0.6 is 0 Å². The fourth-order valence-corrected chi connectivity index (χ4v) is 1.74. The number of aliphatic hydroxyl groups is 1. The van der Waals surface area contributed by atoms with Crippen molar-refractivity contribution in [3.05, 3.63) is 65.5 Å². The van der Waals surface area contributed by atoms with E-state index in [1.807, 2.05) is 37.3 Å². The van der Waals surface area contributed by atoms with Gasteiger partial charge in [-0.1, -0.05) is 36.4 Å². The smallest absolute Gasteiger partial charge is 0.0929 e. The van der Waals surface area contributed by atoms with E-state index in [0.29, 0.717) is 6.54 Å². The Morgan fingerprint density at radius 2 is 1.94 bits per heavy atom. The average Bonchev–Trinajstić information content (AvgIpc) is 2.40. The molecule has 0 amide bonds. The molecule has 94 valence electrons. The first-order valence-electron chi connectivity index (χ1n) is 6.11. The standard InChI is InChI=1S/C15H18N2O/c1-12-7-8-14(10-17-12)15(18)11-16-9-13-5-3-2-4-6-13/h2-8,10,15-16,18H,9,11H2,1H3/t15-/m0/s1. The molecule has 1 aromatic carbocycles. The van der Waals surface area contributed by atoms with Crippen LogP contribution in [-0.2, 0) is 6.54 Å². The summed E-state index contributed by atoms with van der Waals surface area (Å²) in [5.74, 6) is 0. The topological polar surface area (TPSA) is 45.1 Å². The van der Waals surface area contributed by atoms with Crippen molar-refractivity contribution in [1.82, 2.24) is 10.3 Å². The molecular weight excluding hydrogens is 224 g/mol. The molecule has 0 bridgehead atoms. The molecule has 18 heavy (non-hydrogen) atoms. The molecule has 0 spiro atoms. The van der Waals surface area contributed by atoms with E-state index in [1.165, 1.54) is 5.56 Å². The third kappa shape index (κ3) is 3.65. The molecule has 0 unspecified atom stereocenters. The fraction of sp³-hybridized carbons (Fsp3) is 0.267. The number of nitrogens with zero attached hydrogens (tertiary/aromatic N) is 1. The summed E-state index contributed by atoms with van der Waals surface area (Å²) in [7, 11) is 0. The predicted molar refractivity (Wildman–Crippen MR) is 72.1 cm³/mol. The van der Waals surface area contributed by atoms with Crippen molar-refractivity contribution in [2.24, 2.45) is 0 Å². The largest absolute Gasteiger partial charge is 0.387 e. The summed E-state index contributed by atoms with van der Waals surface area (Å²) >= 11 is 0. The number of nitrogens with one attached hydrogen (secondary N) is 1. The zero-order valence-electron chi connectivity index (χ0n) is 10.5. The molecule has 1 heterocycles. The van der Waals surface area contributed by atoms with E-state index < -0.39 is 6.10 Å². The van der Waals surface area contributed by atoms with Crippen LogP contribution in [-0.4, -0.2) is 16.6 Å². The van der Waals surface area contributed by atoms with E-state index in [9.17, 15) is 5.11 Å². The summed E-state index contributed by atoms with van der Waals surface area (Å²) in [6.07, 6.45) is 1.21. The number of hydrogen-bond acceptors (Lipinski definition) is 3. The molecule has 2 N–H and O–H groups in total. The van der Waals surface area contributed by atoms with Gasteiger partial charge in [0.15, 0.2) is 0 Å². The fourth-order valence-electron chi connectivity index (χ4n) is 1.74. The number of pyridine rings is 1. The monoisotopic (exact) mass is 242 g/mol. The summed E-state index contributed by atoms with van der Waals surface area (Å²) in [6.45, 7) is 3.22. The number of aryl methyl sites for hydroxylation is 1. The number of hydrogen-bond donors (Lipinski definition) is 2. The number of rotatable bonds is 5. The minimum absolute atomic E-state index is 0.512. The Kier molecular flexibility index (Phi) is 4.45. The Bertz CT molecular complexity index is 468. The molecular formula is C15H18N2O. The molecule has 0 fully saturated rings. The van der Waals surface area contributed by atoms with Gasteiger partial charge < -0.3 is 10.4 Å². The SMILES string of the molecule is Cc1ccc([C@@H](O)CNCc2ccccc2)cn1. The quantitative estimate of drug-likeness (QED) is 0.845. The van der Waals surface area contributed by atoms with Crippen molar-refractivity contribution < 1.29 is 5.11 Å². The highest BCUT2D eigenvalue weighted by Crippen LogP contribution is 2.10. The summed E-state index contributed by atoms with van der Waals surface area (Å²) in [4.78, 5) is 4.18. The summed E-state index contributed by atoms with van der Waals surface area (Å²) in [6, 6.07) is 14.0. The Morgan fingerprint density at radius 1 is 1.17 bits per heavy atom. The van der Waals surface area contributed by atoms with E-state index in [0.717, 1.165) is 17.8 Å². The van der Waals surface area contributed by atoms with Crippen LogP contribution in [0.3, 0.4) is 0 Å². The van der Waals surface area contributed by atoms with Gasteiger partial charge in [-0.15, -0.1) is 0 Å². The lowest BCUT2D eigenvalue weighted by Crippen LogP contribution is -2.21. The van der Waals surface area contributed by atoms with Crippen molar-refractivity contribution in [3.63, 3.8) is 0 Å². The van der Waals surface area contributed by atoms with Crippen LogP contribution in [0.4, 0.5) is 0 Å². The van der Waals surface area contributed by atoms with Crippen LogP contribution < -0.4 is 5.32 Å². The van der Waals surface area contributed by atoms with Crippen molar-refractivity contribution in [1.29, 1.82) is 0 Å². The summed E-state index contributed by atoms with van der Waals surface area (Å²) < 4.78 is 0. The second kappa shape index (κ2) is 6.28. The number of aliphatic hydroxyl groups excluding tert-OH is 1. The van der Waals surface area contributed by atoms with Gasteiger partial charge in [0.2, 0.25) is 0 Å². The van der Waals surface area contributed by atoms with Crippen molar-refractivity contribution >= 4 is 0 Å². The first kappa shape index (κ1) is 12.7. The molecule has 3 nitrogen and oxygen atoms in total. The van der Waals surface area contributed by atoms with Crippen LogP contribution in [0.25, 0.3) is 0 Å². The van der Waals surface area contributed by atoms with Gasteiger partial charge in [0.25, 0.3) is 0 Å². The molecule has 0 saturated heterocycles. The lowest BCUT2D eigenvalue weighted by molar-refractivity contribution is 0.174.